The van der Waals surface area contributed by atoms with Gasteiger partial charge in [-0.1, -0.05) is 0 Å². The number of methoxy groups -OCH3 is 1. The van der Waals surface area contributed by atoms with E-state index in [1.807, 2.05) is 0 Å². The Morgan fingerprint density at radius 2 is 2.06 bits per heavy atom. The van der Waals surface area contributed by atoms with Crippen molar-refractivity contribution in [1.29, 1.82) is 0 Å². The standard InChI is InChI=1S/C12H11BrN2O2/c1-16-12-3-2-8(6-10(12)14)17-11-4-5-15-7-9(11)13/h2-7H,14H2,1H3. The summed E-state index contributed by atoms with van der Waals surface area (Å²) in [6.07, 6.45) is 3.33. The van der Waals surface area contributed by atoms with Crippen molar-refractivity contribution in [3.8, 4) is 17.2 Å². The number of rotatable bonds is 3. The van der Waals surface area contributed by atoms with Gasteiger partial charge >= 0.3 is 0 Å². The van der Waals surface area contributed by atoms with Crippen LogP contribution in [-0.4, -0.2) is 12.1 Å². The fraction of sp³-hybridized carbons (Fsp3) is 0.0833. The minimum Gasteiger partial charge on any atom is -0.495 e. The lowest BCUT2D eigenvalue weighted by molar-refractivity contribution is 0.415. The quantitative estimate of drug-likeness (QED) is 0.883. The van der Waals surface area contributed by atoms with Gasteiger partial charge in [0, 0.05) is 24.5 Å². The summed E-state index contributed by atoms with van der Waals surface area (Å²) in [6, 6.07) is 7.04. The first-order chi connectivity index (χ1) is 8.20. The number of nitrogens with zero attached hydrogens (tertiary/aromatic N) is 1. The highest BCUT2D eigenvalue weighted by Crippen LogP contribution is 2.32. The largest absolute Gasteiger partial charge is 0.495 e. The van der Waals surface area contributed by atoms with Crippen LogP contribution in [0.15, 0.2) is 41.1 Å². The van der Waals surface area contributed by atoms with E-state index in [1.54, 1.807) is 43.8 Å². The molecule has 0 unspecified atom stereocenters. The summed E-state index contributed by atoms with van der Waals surface area (Å²) in [5.74, 6) is 1.96. The molecule has 5 heteroatoms. The van der Waals surface area contributed by atoms with Gasteiger partial charge < -0.3 is 15.2 Å². The predicted molar refractivity (Wildman–Crippen MR) is 69.4 cm³/mol. The number of nitrogen functional groups attached to an aromatic ring is 1. The van der Waals surface area contributed by atoms with Crippen molar-refractivity contribution in [2.24, 2.45) is 0 Å². The molecule has 0 radical (unpaired) electrons. The van der Waals surface area contributed by atoms with Gasteiger partial charge in [0.05, 0.1) is 17.3 Å². The third-order valence-corrected chi connectivity index (χ3v) is 2.76. The van der Waals surface area contributed by atoms with E-state index in [0.717, 1.165) is 4.47 Å². The molecule has 0 amide bonds. The molecule has 0 aliphatic rings. The Morgan fingerprint density at radius 3 is 2.71 bits per heavy atom. The van der Waals surface area contributed by atoms with E-state index in [2.05, 4.69) is 20.9 Å². The normalized spacial score (nSPS) is 10.0. The van der Waals surface area contributed by atoms with Gasteiger partial charge in [-0.3, -0.25) is 4.98 Å². The van der Waals surface area contributed by atoms with Crippen molar-refractivity contribution in [3.05, 3.63) is 41.1 Å². The average Bonchev–Trinajstić information content (AvgIpc) is 2.32. The molecule has 2 N–H and O–H groups in total. The minimum absolute atomic E-state index is 0.537. The molecule has 4 nitrogen and oxygen atoms in total. The van der Waals surface area contributed by atoms with Gasteiger partial charge in [-0.05, 0) is 28.1 Å². The highest BCUT2D eigenvalue weighted by atomic mass is 79.9. The molecule has 0 spiro atoms. The Kier molecular flexibility index (Phi) is 3.49. The average molecular weight is 295 g/mol. The van der Waals surface area contributed by atoms with E-state index in [-0.39, 0.29) is 0 Å². The van der Waals surface area contributed by atoms with Crippen molar-refractivity contribution in [2.75, 3.05) is 12.8 Å². The van der Waals surface area contributed by atoms with Gasteiger partial charge in [0.15, 0.2) is 0 Å². The lowest BCUT2D eigenvalue weighted by atomic mass is 10.3. The minimum atomic E-state index is 0.537. The maximum Gasteiger partial charge on any atom is 0.144 e. The molecule has 0 fully saturated rings. The smallest absolute Gasteiger partial charge is 0.144 e. The molecule has 0 aliphatic carbocycles. The topological polar surface area (TPSA) is 57.4 Å². The highest BCUT2D eigenvalue weighted by Gasteiger charge is 2.05. The van der Waals surface area contributed by atoms with Gasteiger partial charge in [0.1, 0.15) is 17.2 Å². The summed E-state index contributed by atoms with van der Waals surface area (Å²) >= 11 is 3.36. The predicted octanol–water partition coefficient (Wildman–Crippen LogP) is 3.23. The SMILES string of the molecule is COc1ccc(Oc2ccncc2Br)cc1N. The van der Waals surface area contributed by atoms with Crippen molar-refractivity contribution in [3.63, 3.8) is 0 Å². The maximum atomic E-state index is 5.79. The molecule has 17 heavy (non-hydrogen) atoms. The zero-order valence-electron chi connectivity index (χ0n) is 9.18. The molecule has 2 aromatic rings. The van der Waals surface area contributed by atoms with E-state index < -0.39 is 0 Å². The number of benzene rings is 1. The third-order valence-electron chi connectivity index (χ3n) is 2.16. The van der Waals surface area contributed by atoms with Crippen LogP contribution in [0.2, 0.25) is 0 Å². The first kappa shape index (κ1) is 11.7. The highest BCUT2D eigenvalue weighted by molar-refractivity contribution is 9.10. The molecule has 0 saturated heterocycles. The number of ether oxygens (including phenoxy) is 2. The van der Waals surface area contributed by atoms with Crippen LogP contribution < -0.4 is 15.2 Å². The van der Waals surface area contributed by atoms with Crippen LogP contribution in [0, 0.1) is 0 Å². The Morgan fingerprint density at radius 1 is 1.24 bits per heavy atom. The van der Waals surface area contributed by atoms with Gasteiger partial charge in [0.2, 0.25) is 0 Å². The Balaban J connectivity index is 2.25. The van der Waals surface area contributed by atoms with E-state index in [1.165, 1.54) is 0 Å². The van der Waals surface area contributed by atoms with Crippen LogP contribution >= 0.6 is 15.9 Å². The number of hydrogen-bond donors (Lipinski definition) is 1. The van der Waals surface area contributed by atoms with Crippen LogP contribution in [-0.2, 0) is 0 Å². The van der Waals surface area contributed by atoms with Crippen molar-refractivity contribution < 1.29 is 9.47 Å². The molecular weight excluding hydrogens is 284 g/mol. The van der Waals surface area contributed by atoms with Crippen LogP contribution in [0.5, 0.6) is 17.2 Å². The third kappa shape index (κ3) is 2.68. The van der Waals surface area contributed by atoms with E-state index in [9.17, 15) is 0 Å². The van der Waals surface area contributed by atoms with Crippen LogP contribution in [0.4, 0.5) is 5.69 Å². The number of hydrogen-bond acceptors (Lipinski definition) is 4. The molecule has 2 rings (SSSR count). The molecule has 0 bridgehead atoms. The van der Waals surface area contributed by atoms with Crippen molar-refractivity contribution >= 4 is 21.6 Å². The molecule has 0 atom stereocenters. The summed E-state index contributed by atoms with van der Waals surface area (Å²) in [5, 5.41) is 0. The van der Waals surface area contributed by atoms with Gasteiger partial charge in [0.25, 0.3) is 0 Å². The van der Waals surface area contributed by atoms with Gasteiger partial charge in [-0.25, -0.2) is 0 Å². The van der Waals surface area contributed by atoms with E-state index in [0.29, 0.717) is 22.9 Å². The summed E-state index contributed by atoms with van der Waals surface area (Å²) in [7, 11) is 1.58. The maximum absolute atomic E-state index is 5.79. The molecule has 0 aliphatic heterocycles. The Hall–Kier alpha value is -1.75. The Labute approximate surface area is 108 Å². The second-order valence-corrected chi connectivity index (χ2v) is 4.17. The lowest BCUT2D eigenvalue weighted by Crippen LogP contribution is -1.93. The summed E-state index contributed by atoms with van der Waals surface area (Å²) in [4.78, 5) is 3.96. The molecule has 0 saturated carbocycles. The summed E-state index contributed by atoms with van der Waals surface area (Å²) < 4.78 is 11.5. The first-order valence-corrected chi connectivity index (χ1v) is 5.71. The number of pyridine rings is 1. The first-order valence-electron chi connectivity index (χ1n) is 4.91. The molecule has 1 aromatic heterocycles. The lowest BCUT2D eigenvalue weighted by Gasteiger charge is -2.09. The van der Waals surface area contributed by atoms with Crippen molar-refractivity contribution in [2.45, 2.75) is 0 Å². The van der Waals surface area contributed by atoms with Gasteiger partial charge in [-0.2, -0.15) is 0 Å². The molecule has 1 aromatic carbocycles. The fourth-order valence-corrected chi connectivity index (χ4v) is 1.68. The summed E-state index contributed by atoms with van der Waals surface area (Å²) in [5.41, 5.74) is 6.33. The monoisotopic (exact) mass is 294 g/mol. The van der Waals surface area contributed by atoms with Crippen LogP contribution in [0.1, 0.15) is 0 Å². The van der Waals surface area contributed by atoms with E-state index >= 15 is 0 Å². The Bertz CT molecular complexity index is 532. The van der Waals surface area contributed by atoms with E-state index in [4.69, 9.17) is 15.2 Å². The molecular formula is C12H11BrN2O2. The number of anilines is 1. The molecule has 1 heterocycles. The number of nitrogens with two attached hydrogens (primary N) is 1. The second kappa shape index (κ2) is 5.05. The number of aromatic nitrogens is 1. The van der Waals surface area contributed by atoms with Crippen molar-refractivity contribution in [1.82, 2.24) is 4.98 Å². The number of halogens is 1. The fourth-order valence-electron chi connectivity index (χ4n) is 1.35. The van der Waals surface area contributed by atoms with Gasteiger partial charge in [-0.15, -0.1) is 0 Å². The zero-order valence-corrected chi connectivity index (χ0v) is 10.8. The van der Waals surface area contributed by atoms with Crippen LogP contribution in [0.3, 0.4) is 0 Å². The zero-order chi connectivity index (χ0) is 12.3. The second-order valence-electron chi connectivity index (χ2n) is 3.31. The van der Waals surface area contributed by atoms with Crippen LogP contribution in [0.25, 0.3) is 0 Å². The summed E-state index contributed by atoms with van der Waals surface area (Å²) in [6.45, 7) is 0. The molecule has 88 valence electrons.